The monoisotopic (exact) mass is 377 g/mol. The van der Waals surface area contributed by atoms with Crippen molar-refractivity contribution < 1.29 is 13.2 Å². The van der Waals surface area contributed by atoms with E-state index in [2.05, 4.69) is 25.4 Å². The molecule has 0 unspecified atom stereocenters. The highest BCUT2D eigenvalue weighted by Crippen LogP contribution is 2.32. The van der Waals surface area contributed by atoms with Crippen LogP contribution >= 0.6 is 0 Å². The van der Waals surface area contributed by atoms with E-state index in [1.165, 1.54) is 6.07 Å². The third-order valence-corrected chi connectivity index (χ3v) is 4.57. The molecule has 27 heavy (non-hydrogen) atoms. The lowest BCUT2D eigenvalue weighted by atomic mass is 10.1. The van der Waals surface area contributed by atoms with Gasteiger partial charge in [0.25, 0.3) is 5.78 Å². The Morgan fingerprint density at radius 1 is 1.19 bits per heavy atom. The molecule has 7 nitrogen and oxygen atoms in total. The number of alkyl halides is 3. The largest absolute Gasteiger partial charge is 0.416 e. The summed E-state index contributed by atoms with van der Waals surface area (Å²) < 4.78 is 40.9. The van der Waals surface area contributed by atoms with Crippen LogP contribution in [-0.4, -0.2) is 31.5 Å². The van der Waals surface area contributed by atoms with Crippen molar-refractivity contribution in [2.45, 2.75) is 32.7 Å². The minimum Gasteiger partial charge on any atom is -0.399 e. The average molecular weight is 377 g/mol. The zero-order chi connectivity index (χ0) is 19.3. The van der Waals surface area contributed by atoms with Crippen molar-refractivity contribution in [3.05, 3.63) is 46.4 Å². The maximum Gasteiger partial charge on any atom is 0.416 e. The van der Waals surface area contributed by atoms with Crippen LogP contribution in [0.2, 0.25) is 0 Å². The number of nitrogen functional groups attached to an aromatic ring is 1. The van der Waals surface area contributed by atoms with Gasteiger partial charge >= 0.3 is 6.18 Å². The van der Waals surface area contributed by atoms with E-state index >= 15 is 0 Å². The average Bonchev–Trinajstić information content (AvgIpc) is 3.13. The van der Waals surface area contributed by atoms with Gasteiger partial charge in [-0.2, -0.15) is 18.2 Å². The van der Waals surface area contributed by atoms with E-state index in [4.69, 9.17) is 5.73 Å². The number of fused-ring (bicyclic) bond motifs is 3. The molecular formula is C17H18F3N7. The molecule has 142 valence electrons. The Hall–Kier alpha value is -2.88. The summed E-state index contributed by atoms with van der Waals surface area (Å²) >= 11 is 0. The third-order valence-electron chi connectivity index (χ3n) is 4.57. The number of halogens is 3. The summed E-state index contributed by atoms with van der Waals surface area (Å²) in [7, 11) is 1.99. The SMILES string of the molecule is Cc1nnc2nc(NCc3cc(N)cc(C(F)(F)F)c3)c3c(n12)CN(C)C3. The molecule has 2 aromatic heterocycles. The third kappa shape index (κ3) is 3.16. The van der Waals surface area contributed by atoms with E-state index < -0.39 is 11.7 Å². The Bertz CT molecular complexity index is 1030. The second kappa shape index (κ2) is 6.08. The van der Waals surface area contributed by atoms with Gasteiger partial charge in [-0.25, -0.2) is 0 Å². The van der Waals surface area contributed by atoms with Crippen molar-refractivity contribution >= 4 is 17.3 Å². The van der Waals surface area contributed by atoms with E-state index in [0.717, 1.165) is 35.8 Å². The molecule has 1 aromatic carbocycles. The predicted octanol–water partition coefficient (Wildman–Crippen LogP) is 2.59. The fraction of sp³-hybridized carbons (Fsp3) is 0.353. The Morgan fingerprint density at radius 2 is 1.96 bits per heavy atom. The van der Waals surface area contributed by atoms with Gasteiger partial charge < -0.3 is 11.1 Å². The molecule has 0 aliphatic carbocycles. The summed E-state index contributed by atoms with van der Waals surface area (Å²) in [5.41, 5.74) is 7.41. The molecule has 0 saturated carbocycles. The van der Waals surface area contributed by atoms with E-state index in [1.54, 1.807) is 0 Å². The number of nitrogens with zero attached hydrogens (tertiary/aromatic N) is 5. The number of nitrogens with one attached hydrogen (secondary N) is 1. The number of hydrogen-bond acceptors (Lipinski definition) is 6. The second-order valence-electron chi connectivity index (χ2n) is 6.76. The number of hydrogen-bond donors (Lipinski definition) is 2. The highest BCUT2D eigenvalue weighted by molar-refractivity contribution is 5.55. The molecule has 0 bridgehead atoms. The summed E-state index contributed by atoms with van der Waals surface area (Å²) in [5, 5.41) is 11.3. The molecule has 3 heterocycles. The number of aromatic nitrogens is 4. The molecule has 1 aliphatic heterocycles. The first kappa shape index (κ1) is 17.5. The van der Waals surface area contributed by atoms with Crippen molar-refractivity contribution in [2.24, 2.45) is 0 Å². The van der Waals surface area contributed by atoms with Gasteiger partial charge in [0, 0.05) is 36.6 Å². The lowest BCUT2D eigenvalue weighted by Gasteiger charge is -2.14. The van der Waals surface area contributed by atoms with Gasteiger partial charge in [-0.05, 0) is 37.7 Å². The first-order valence-corrected chi connectivity index (χ1v) is 8.35. The van der Waals surface area contributed by atoms with Crippen molar-refractivity contribution in [2.75, 3.05) is 18.1 Å². The number of benzene rings is 1. The van der Waals surface area contributed by atoms with Crippen LogP contribution in [-0.2, 0) is 25.8 Å². The maximum atomic E-state index is 13.0. The summed E-state index contributed by atoms with van der Waals surface area (Å²) in [5.74, 6) is 1.82. The van der Waals surface area contributed by atoms with Crippen molar-refractivity contribution in [1.82, 2.24) is 24.5 Å². The summed E-state index contributed by atoms with van der Waals surface area (Å²) in [6.45, 7) is 3.43. The minimum atomic E-state index is -4.44. The summed E-state index contributed by atoms with van der Waals surface area (Å²) in [4.78, 5) is 6.63. The van der Waals surface area contributed by atoms with E-state index in [-0.39, 0.29) is 12.2 Å². The number of rotatable bonds is 3. The normalized spacial score (nSPS) is 14.7. The maximum absolute atomic E-state index is 13.0. The Kier molecular flexibility index (Phi) is 3.95. The van der Waals surface area contributed by atoms with Crippen LogP contribution in [0.4, 0.5) is 24.7 Å². The second-order valence-corrected chi connectivity index (χ2v) is 6.76. The molecule has 0 atom stereocenters. The van der Waals surface area contributed by atoms with Crippen LogP contribution in [0.25, 0.3) is 5.78 Å². The van der Waals surface area contributed by atoms with Gasteiger partial charge in [-0.3, -0.25) is 9.30 Å². The van der Waals surface area contributed by atoms with E-state index in [1.807, 2.05) is 18.4 Å². The van der Waals surface area contributed by atoms with Gasteiger partial charge in [-0.15, -0.1) is 10.2 Å². The number of aryl methyl sites for hydroxylation is 1. The molecular weight excluding hydrogens is 359 g/mol. The lowest BCUT2D eigenvalue weighted by Crippen LogP contribution is -2.11. The number of anilines is 2. The summed E-state index contributed by atoms with van der Waals surface area (Å²) in [6.07, 6.45) is -4.44. The van der Waals surface area contributed by atoms with Crippen LogP contribution in [0.1, 0.15) is 28.2 Å². The molecule has 0 spiro atoms. The van der Waals surface area contributed by atoms with Crippen LogP contribution in [0.15, 0.2) is 18.2 Å². The van der Waals surface area contributed by atoms with Crippen LogP contribution in [0, 0.1) is 6.92 Å². The van der Waals surface area contributed by atoms with E-state index in [0.29, 0.717) is 23.7 Å². The molecule has 1 aliphatic rings. The lowest BCUT2D eigenvalue weighted by molar-refractivity contribution is -0.137. The van der Waals surface area contributed by atoms with E-state index in [9.17, 15) is 13.2 Å². The Morgan fingerprint density at radius 3 is 2.70 bits per heavy atom. The fourth-order valence-electron chi connectivity index (χ4n) is 3.41. The standard InChI is InChI=1S/C17H18F3N7/c1-9-24-25-16-23-15(13-7-26(2)8-14(13)27(9)16)22-6-10-3-11(17(18,19)20)5-12(21)4-10/h3-5H,6-8,21H2,1-2H3,(H,22,23,25). The number of nitrogens with two attached hydrogens (primary N) is 1. The van der Waals surface area contributed by atoms with Gasteiger partial charge in [0.1, 0.15) is 11.6 Å². The molecule has 0 saturated heterocycles. The quantitative estimate of drug-likeness (QED) is 0.683. The fourth-order valence-corrected chi connectivity index (χ4v) is 3.41. The van der Waals surface area contributed by atoms with Gasteiger partial charge in [-0.1, -0.05) is 0 Å². The Labute approximate surface area is 153 Å². The smallest absolute Gasteiger partial charge is 0.399 e. The van der Waals surface area contributed by atoms with Gasteiger partial charge in [0.05, 0.1) is 5.56 Å². The topological polar surface area (TPSA) is 84.4 Å². The van der Waals surface area contributed by atoms with Crippen molar-refractivity contribution in [3.63, 3.8) is 0 Å². The molecule has 3 aromatic rings. The molecule has 0 amide bonds. The van der Waals surface area contributed by atoms with Gasteiger partial charge in [0.2, 0.25) is 0 Å². The first-order valence-electron chi connectivity index (χ1n) is 8.35. The van der Waals surface area contributed by atoms with Gasteiger partial charge in [0.15, 0.2) is 0 Å². The first-order chi connectivity index (χ1) is 12.7. The minimum absolute atomic E-state index is 0.0723. The molecule has 3 N–H and O–H groups in total. The predicted molar refractivity (Wildman–Crippen MR) is 93.9 cm³/mol. The Balaban J connectivity index is 1.68. The zero-order valence-corrected chi connectivity index (χ0v) is 14.8. The molecule has 10 heteroatoms. The van der Waals surface area contributed by atoms with Crippen LogP contribution in [0.3, 0.4) is 0 Å². The zero-order valence-electron chi connectivity index (χ0n) is 14.8. The highest BCUT2D eigenvalue weighted by Gasteiger charge is 2.31. The molecule has 0 radical (unpaired) electrons. The van der Waals surface area contributed by atoms with Crippen LogP contribution in [0.5, 0.6) is 0 Å². The molecule has 0 fully saturated rings. The summed E-state index contributed by atoms with van der Waals surface area (Å²) in [6, 6.07) is 3.54. The van der Waals surface area contributed by atoms with Crippen LogP contribution < -0.4 is 11.1 Å². The highest BCUT2D eigenvalue weighted by atomic mass is 19.4. The van der Waals surface area contributed by atoms with Crippen molar-refractivity contribution in [1.29, 1.82) is 0 Å². The molecule has 4 rings (SSSR count). The van der Waals surface area contributed by atoms with Crippen molar-refractivity contribution in [3.8, 4) is 0 Å².